The van der Waals surface area contributed by atoms with E-state index >= 15 is 0 Å². The summed E-state index contributed by atoms with van der Waals surface area (Å²) in [4.78, 5) is 7.70. The van der Waals surface area contributed by atoms with Gasteiger partial charge in [-0.1, -0.05) is 15.9 Å². The molecule has 1 aromatic heterocycles. The molecule has 0 unspecified atom stereocenters. The molecule has 0 aliphatic rings. The van der Waals surface area contributed by atoms with Crippen molar-refractivity contribution in [3.8, 4) is 17.1 Å². The first-order chi connectivity index (χ1) is 8.63. The number of hydrogen-bond donors (Lipinski definition) is 3. The lowest BCUT2D eigenvalue weighted by atomic mass is 10.2. The molecule has 0 fully saturated rings. The topological polar surface area (TPSA) is 74.9 Å². The average molecular weight is 304 g/mol. The first-order valence-electron chi connectivity index (χ1n) is 5.37. The molecule has 3 aromatic rings. The zero-order valence-corrected chi connectivity index (χ0v) is 10.9. The minimum atomic E-state index is 0.0811. The first kappa shape index (κ1) is 11.1. The SMILES string of the molecule is Nc1cc(-c2nc3ccc(Br)cc3[nH]2)ccc1O. The molecular formula is C13H10BrN3O. The van der Waals surface area contributed by atoms with Crippen molar-refractivity contribution in [2.75, 3.05) is 5.73 Å². The predicted octanol–water partition coefficient (Wildman–Crippen LogP) is 3.28. The van der Waals surface area contributed by atoms with Crippen LogP contribution in [0.5, 0.6) is 5.75 Å². The van der Waals surface area contributed by atoms with Crippen LogP contribution in [0.15, 0.2) is 40.9 Å². The predicted molar refractivity (Wildman–Crippen MR) is 75.3 cm³/mol. The molecule has 5 heteroatoms. The summed E-state index contributed by atoms with van der Waals surface area (Å²) < 4.78 is 0.996. The summed E-state index contributed by atoms with van der Waals surface area (Å²) in [5, 5.41) is 9.40. The van der Waals surface area contributed by atoms with Crippen LogP contribution in [0, 0.1) is 0 Å². The second kappa shape index (κ2) is 4.03. The molecule has 0 amide bonds. The number of anilines is 1. The number of nitrogens with one attached hydrogen (secondary N) is 1. The Morgan fingerprint density at radius 2 is 2.00 bits per heavy atom. The fourth-order valence-corrected chi connectivity index (χ4v) is 2.18. The third-order valence-electron chi connectivity index (χ3n) is 2.74. The molecule has 0 saturated carbocycles. The molecule has 0 aliphatic carbocycles. The van der Waals surface area contributed by atoms with Crippen LogP contribution in [0.3, 0.4) is 0 Å². The van der Waals surface area contributed by atoms with Gasteiger partial charge in [-0.25, -0.2) is 4.98 Å². The van der Waals surface area contributed by atoms with E-state index in [2.05, 4.69) is 25.9 Å². The standard InChI is InChI=1S/C13H10BrN3O/c14-8-2-3-10-11(6-8)17-13(16-10)7-1-4-12(18)9(15)5-7/h1-6,18H,15H2,(H,16,17). The van der Waals surface area contributed by atoms with E-state index in [1.165, 1.54) is 0 Å². The van der Waals surface area contributed by atoms with E-state index < -0.39 is 0 Å². The van der Waals surface area contributed by atoms with Crippen LogP contribution in [0.4, 0.5) is 5.69 Å². The Hall–Kier alpha value is -2.01. The van der Waals surface area contributed by atoms with Crippen molar-refractivity contribution in [1.82, 2.24) is 9.97 Å². The first-order valence-corrected chi connectivity index (χ1v) is 6.17. The number of hydrogen-bond acceptors (Lipinski definition) is 3. The zero-order valence-electron chi connectivity index (χ0n) is 9.31. The molecule has 90 valence electrons. The highest BCUT2D eigenvalue weighted by Gasteiger charge is 2.07. The second-order valence-corrected chi connectivity index (χ2v) is 4.94. The Balaban J connectivity index is 2.16. The van der Waals surface area contributed by atoms with Gasteiger partial charge in [0.05, 0.1) is 16.7 Å². The van der Waals surface area contributed by atoms with Crippen LogP contribution in [0.1, 0.15) is 0 Å². The molecule has 0 saturated heterocycles. The molecule has 2 aromatic carbocycles. The summed E-state index contributed by atoms with van der Waals surface area (Å²) in [5.74, 6) is 0.812. The number of rotatable bonds is 1. The summed E-state index contributed by atoms with van der Waals surface area (Å²) in [6.07, 6.45) is 0. The van der Waals surface area contributed by atoms with Gasteiger partial charge < -0.3 is 15.8 Å². The second-order valence-electron chi connectivity index (χ2n) is 4.02. The highest BCUT2D eigenvalue weighted by atomic mass is 79.9. The van der Waals surface area contributed by atoms with Crippen LogP contribution in [0.2, 0.25) is 0 Å². The lowest BCUT2D eigenvalue weighted by Crippen LogP contribution is -1.87. The van der Waals surface area contributed by atoms with Crippen LogP contribution < -0.4 is 5.73 Å². The molecule has 18 heavy (non-hydrogen) atoms. The van der Waals surface area contributed by atoms with Crippen molar-refractivity contribution in [3.63, 3.8) is 0 Å². The molecule has 4 N–H and O–H groups in total. The van der Waals surface area contributed by atoms with Gasteiger partial charge in [-0.05, 0) is 36.4 Å². The van der Waals surface area contributed by atoms with Gasteiger partial charge in [-0.2, -0.15) is 0 Å². The van der Waals surface area contributed by atoms with Crippen molar-refractivity contribution in [2.24, 2.45) is 0 Å². The summed E-state index contributed by atoms with van der Waals surface area (Å²) in [6, 6.07) is 10.9. The number of fused-ring (bicyclic) bond motifs is 1. The third kappa shape index (κ3) is 1.82. The van der Waals surface area contributed by atoms with Crippen molar-refractivity contribution >= 4 is 32.7 Å². The minimum absolute atomic E-state index is 0.0811. The quantitative estimate of drug-likeness (QED) is 0.477. The van der Waals surface area contributed by atoms with Gasteiger partial charge in [0.25, 0.3) is 0 Å². The van der Waals surface area contributed by atoms with E-state index in [-0.39, 0.29) is 5.75 Å². The van der Waals surface area contributed by atoms with Crippen LogP contribution in [-0.2, 0) is 0 Å². The Labute approximate surface area is 112 Å². The number of phenols is 1. The Kier molecular flexibility index (Phi) is 2.48. The summed E-state index contributed by atoms with van der Waals surface area (Å²) >= 11 is 3.42. The van der Waals surface area contributed by atoms with Gasteiger partial charge in [-0.15, -0.1) is 0 Å². The zero-order chi connectivity index (χ0) is 12.7. The van der Waals surface area contributed by atoms with Crippen molar-refractivity contribution in [1.29, 1.82) is 0 Å². The van der Waals surface area contributed by atoms with Gasteiger partial charge in [0, 0.05) is 10.0 Å². The Morgan fingerprint density at radius 1 is 1.17 bits per heavy atom. The van der Waals surface area contributed by atoms with Crippen LogP contribution >= 0.6 is 15.9 Å². The minimum Gasteiger partial charge on any atom is -0.506 e. The smallest absolute Gasteiger partial charge is 0.138 e. The van der Waals surface area contributed by atoms with Crippen LogP contribution in [-0.4, -0.2) is 15.1 Å². The number of aromatic hydroxyl groups is 1. The molecular weight excluding hydrogens is 294 g/mol. The molecule has 1 heterocycles. The van der Waals surface area contributed by atoms with E-state index in [9.17, 15) is 5.11 Å². The normalized spacial score (nSPS) is 10.9. The molecule has 0 spiro atoms. The number of halogens is 1. The van der Waals surface area contributed by atoms with Crippen molar-refractivity contribution in [2.45, 2.75) is 0 Å². The average Bonchev–Trinajstić information content (AvgIpc) is 2.75. The number of imidazole rings is 1. The molecule has 0 bridgehead atoms. The fraction of sp³-hybridized carbons (Fsp3) is 0. The molecule has 0 atom stereocenters. The number of nitrogen functional groups attached to an aromatic ring is 1. The van der Waals surface area contributed by atoms with Gasteiger partial charge >= 0.3 is 0 Å². The third-order valence-corrected chi connectivity index (χ3v) is 3.24. The number of H-pyrrole nitrogens is 1. The highest BCUT2D eigenvalue weighted by Crippen LogP contribution is 2.28. The maximum atomic E-state index is 9.40. The summed E-state index contributed by atoms with van der Waals surface area (Å²) in [5.41, 5.74) is 8.70. The van der Waals surface area contributed by atoms with Gasteiger partial charge in [0.15, 0.2) is 0 Å². The number of nitrogens with two attached hydrogens (primary N) is 1. The van der Waals surface area contributed by atoms with Gasteiger partial charge in [0.2, 0.25) is 0 Å². The van der Waals surface area contributed by atoms with E-state index in [0.29, 0.717) is 5.69 Å². The van der Waals surface area contributed by atoms with E-state index in [1.807, 2.05) is 18.2 Å². The number of nitrogens with zero attached hydrogens (tertiary/aromatic N) is 1. The van der Waals surface area contributed by atoms with Crippen LogP contribution in [0.25, 0.3) is 22.4 Å². The van der Waals surface area contributed by atoms with Gasteiger partial charge in [-0.3, -0.25) is 0 Å². The monoisotopic (exact) mass is 303 g/mol. The maximum Gasteiger partial charge on any atom is 0.138 e. The molecule has 3 rings (SSSR count). The highest BCUT2D eigenvalue weighted by molar-refractivity contribution is 9.10. The lowest BCUT2D eigenvalue weighted by molar-refractivity contribution is 0.478. The van der Waals surface area contributed by atoms with E-state index in [1.54, 1.807) is 18.2 Å². The Morgan fingerprint density at radius 3 is 2.78 bits per heavy atom. The Bertz CT molecular complexity index is 736. The van der Waals surface area contributed by atoms with Crippen molar-refractivity contribution < 1.29 is 5.11 Å². The fourth-order valence-electron chi connectivity index (χ4n) is 1.82. The largest absolute Gasteiger partial charge is 0.506 e. The summed E-state index contributed by atoms with van der Waals surface area (Å²) in [6.45, 7) is 0. The molecule has 0 radical (unpaired) electrons. The van der Waals surface area contributed by atoms with Crippen molar-refractivity contribution in [3.05, 3.63) is 40.9 Å². The number of aromatic amines is 1. The summed E-state index contributed by atoms with van der Waals surface area (Å²) in [7, 11) is 0. The molecule has 0 aliphatic heterocycles. The maximum absolute atomic E-state index is 9.40. The number of aromatic nitrogens is 2. The van der Waals surface area contributed by atoms with Gasteiger partial charge in [0.1, 0.15) is 11.6 Å². The number of benzene rings is 2. The molecule has 4 nitrogen and oxygen atoms in total. The van der Waals surface area contributed by atoms with E-state index in [4.69, 9.17) is 5.73 Å². The van der Waals surface area contributed by atoms with E-state index in [0.717, 1.165) is 26.9 Å². The lowest BCUT2D eigenvalue weighted by Gasteiger charge is -2.00. The number of phenolic OH excluding ortho intramolecular Hbond substituents is 1.